The highest BCUT2D eigenvalue weighted by Gasteiger charge is 2.46. The first-order valence-corrected chi connectivity index (χ1v) is 5.41. The Bertz CT molecular complexity index is 441. The number of hydrogen-bond acceptors (Lipinski definition) is 4. The average molecular weight is 236 g/mol. The number of hydrogen-bond donors (Lipinski definition) is 2. The van der Waals surface area contributed by atoms with Gasteiger partial charge in [0.15, 0.2) is 0 Å². The summed E-state index contributed by atoms with van der Waals surface area (Å²) in [5, 5.41) is 2.77. The van der Waals surface area contributed by atoms with Gasteiger partial charge in [-0.05, 0) is 25.0 Å². The maximum atomic E-state index is 11.8. The van der Waals surface area contributed by atoms with Crippen molar-refractivity contribution in [1.29, 1.82) is 0 Å². The molecule has 0 atom stereocenters. The Morgan fingerprint density at radius 1 is 1.35 bits per heavy atom. The number of nitrogens with one attached hydrogen (secondary N) is 1. The van der Waals surface area contributed by atoms with Gasteiger partial charge in [0.2, 0.25) is 5.91 Å². The fourth-order valence-corrected chi connectivity index (χ4v) is 1.52. The van der Waals surface area contributed by atoms with Crippen molar-refractivity contribution in [3.63, 3.8) is 0 Å². The molecule has 1 aromatic carbocycles. The lowest BCUT2D eigenvalue weighted by atomic mass is 10.2. The van der Waals surface area contributed by atoms with Gasteiger partial charge in [-0.2, -0.15) is 0 Å². The number of anilines is 1. The highest BCUT2D eigenvalue weighted by Crippen LogP contribution is 2.35. The zero-order valence-corrected chi connectivity index (χ0v) is 9.95. The minimum atomic E-state index is -0.700. The summed E-state index contributed by atoms with van der Waals surface area (Å²) >= 11 is 0. The van der Waals surface area contributed by atoms with Gasteiger partial charge in [-0.15, -0.1) is 0 Å². The second-order valence-electron chi connectivity index (χ2n) is 4.18. The summed E-state index contributed by atoms with van der Waals surface area (Å²) < 4.78 is 10.3. The number of ether oxygens (including phenoxy) is 2. The third kappa shape index (κ3) is 2.34. The van der Waals surface area contributed by atoms with E-state index in [4.69, 9.17) is 15.2 Å². The van der Waals surface area contributed by atoms with Crippen LogP contribution in [-0.2, 0) is 4.79 Å². The first-order chi connectivity index (χ1) is 8.09. The van der Waals surface area contributed by atoms with E-state index < -0.39 is 5.54 Å². The Labute approximate surface area is 99.9 Å². The quantitative estimate of drug-likeness (QED) is 0.822. The van der Waals surface area contributed by atoms with Crippen molar-refractivity contribution in [2.45, 2.75) is 18.4 Å². The summed E-state index contributed by atoms with van der Waals surface area (Å²) in [7, 11) is 3.12. The Hall–Kier alpha value is -1.75. The van der Waals surface area contributed by atoms with E-state index in [1.807, 2.05) is 0 Å². The van der Waals surface area contributed by atoms with Crippen LogP contribution in [0.25, 0.3) is 0 Å². The molecule has 0 saturated heterocycles. The van der Waals surface area contributed by atoms with E-state index in [0.717, 1.165) is 12.8 Å². The van der Waals surface area contributed by atoms with Gasteiger partial charge in [0, 0.05) is 6.07 Å². The standard InChI is InChI=1S/C12H16N2O3/c1-16-8-3-4-10(17-2)9(7-8)14-11(15)12(13)5-6-12/h3-4,7H,5-6,13H2,1-2H3,(H,14,15). The van der Waals surface area contributed by atoms with Crippen LogP contribution in [0.4, 0.5) is 5.69 Å². The normalized spacial score (nSPS) is 16.2. The summed E-state index contributed by atoms with van der Waals surface area (Å²) in [6.45, 7) is 0. The lowest BCUT2D eigenvalue weighted by molar-refractivity contribution is -0.118. The van der Waals surface area contributed by atoms with E-state index >= 15 is 0 Å². The molecule has 3 N–H and O–H groups in total. The van der Waals surface area contributed by atoms with Crippen LogP contribution in [0.15, 0.2) is 18.2 Å². The molecule has 0 heterocycles. The van der Waals surface area contributed by atoms with Gasteiger partial charge in [-0.3, -0.25) is 4.79 Å². The molecule has 5 heteroatoms. The minimum Gasteiger partial charge on any atom is -0.497 e. The molecule has 0 bridgehead atoms. The summed E-state index contributed by atoms with van der Waals surface area (Å²) in [6.07, 6.45) is 1.45. The summed E-state index contributed by atoms with van der Waals surface area (Å²) in [5.74, 6) is 1.07. The average Bonchev–Trinajstić information content (AvgIpc) is 3.08. The monoisotopic (exact) mass is 236 g/mol. The number of nitrogens with two attached hydrogens (primary N) is 1. The third-order valence-electron chi connectivity index (χ3n) is 2.90. The maximum absolute atomic E-state index is 11.8. The molecule has 1 aliphatic carbocycles. The van der Waals surface area contributed by atoms with Crippen molar-refractivity contribution in [2.75, 3.05) is 19.5 Å². The summed E-state index contributed by atoms with van der Waals surface area (Å²) in [4.78, 5) is 11.8. The highest BCUT2D eigenvalue weighted by molar-refractivity contribution is 6.01. The fraction of sp³-hybridized carbons (Fsp3) is 0.417. The molecule has 0 radical (unpaired) electrons. The highest BCUT2D eigenvalue weighted by atomic mass is 16.5. The van der Waals surface area contributed by atoms with E-state index in [-0.39, 0.29) is 5.91 Å². The third-order valence-corrected chi connectivity index (χ3v) is 2.90. The number of methoxy groups -OCH3 is 2. The van der Waals surface area contributed by atoms with Crippen LogP contribution in [0.5, 0.6) is 11.5 Å². The number of rotatable bonds is 4. The van der Waals surface area contributed by atoms with Gasteiger partial charge >= 0.3 is 0 Å². The second-order valence-corrected chi connectivity index (χ2v) is 4.18. The van der Waals surface area contributed by atoms with Gasteiger partial charge in [0.25, 0.3) is 0 Å². The fourth-order valence-electron chi connectivity index (χ4n) is 1.52. The van der Waals surface area contributed by atoms with Crippen LogP contribution in [0, 0.1) is 0 Å². The minimum absolute atomic E-state index is 0.177. The van der Waals surface area contributed by atoms with E-state index in [2.05, 4.69) is 5.32 Å². The van der Waals surface area contributed by atoms with Gasteiger partial charge in [-0.25, -0.2) is 0 Å². The largest absolute Gasteiger partial charge is 0.497 e. The molecule has 92 valence electrons. The van der Waals surface area contributed by atoms with Crippen molar-refractivity contribution >= 4 is 11.6 Å². The lowest BCUT2D eigenvalue weighted by Gasteiger charge is -2.14. The predicted octanol–water partition coefficient (Wildman–Crippen LogP) is 1.13. The van der Waals surface area contributed by atoms with Crippen molar-refractivity contribution < 1.29 is 14.3 Å². The Morgan fingerprint density at radius 3 is 2.59 bits per heavy atom. The number of carbonyl (C=O) groups excluding carboxylic acids is 1. The molecule has 1 saturated carbocycles. The van der Waals surface area contributed by atoms with E-state index in [9.17, 15) is 4.79 Å². The number of amides is 1. The zero-order valence-electron chi connectivity index (χ0n) is 9.95. The van der Waals surface area contributed by atoms with Crippen molar-refractivity contribution in [3.05, 3.63) is 18.2 Å². The maximum Gasteiger partial charge on any atom is 0.244 e. The molecule has 5 nitrogen and oxygen atoms in total. The summed E-state index contributed by atoms with van der Waals surface area (Å²) in [6, 6.07) is 5.22. The van der Waals surface area contributed by atoms with Gasteiger partial charge in [0.05, 0.1) is 25.4 Å². The van der Waals surface area contributed by atoms with Crippen LogP contribution in [0.1, 0.15) is 12.8 Å². The van der Waals surface area contributed by atoms with Crippen LogP contribution in [0.2, 0.25) is 0 Å². The molecular formula is C12H16N2O3. The van der Waals surface area contributed by atoms with Gasteiger partial charge in [-0.1, -0.05) is 0 Å². The van der Waals surface area contributed by atoms with Crippen molar-refractivity contribution in [2.24, 2.45) is 5.73 Å². The molecule has 0 aromatic heterocycles. The Morgan fingerprint density at radius 2 is 2.06 bits per heavy atom. The van der Waals surface area contributed by atoms with Crippen LogP contribution in [-0.4, -0.2) is 25.7 Å². The summed E-state index contributed by atoms with van der Waals surface area (Å²) in [5.41, 5.74) is 5.69. The SMILES string of the molecule is COc1ccc(OC)c(NC(=O)C2(N)CC2)c1. The van der Waals surface area contributed by atoms with Gasteiger partial charge in [0.1, 0.15) is 11.5 Å². The van der Waals surface area contributed by atoms with E-state index in [0.29, 0.717) is 17.2 Å². The second kappa shape index (κ2) is 4.25. The molecule has 0 aliphatic heterocycles. The van der Waals surface area contributed by atoms with Gasteiger partial charge < -0.3 is 20.5 Å². The molecule has 0 spiro atoms. The van der Waals surface area contributed by atoms with Crippen molar-refractivity contribution in [1.82, 2.24) is 0 Å². The molecule has 1 aromatic rings. The molecule has 2 rings (SSSR count). The Kier molecular flexibility index (Phi) is 2.93. The van der Waals surface area contributed by atoms with Crippen LogP contribution < -0.4 is 20.5 Å². The molecule has 0 unspecified atom stereocenters. The van der Waals surface area contributed by atoms with E-state index in [1.165, 1.54) is 0 Å². The topological polar surface area (TPSA) is 73.6 Å². The zero-order chi connectivity index (χ0) is 12.5. The van der Waals surface area contributed by atoms with E-state index in [1.54, 1.807) is 32.4 Å². The molecule has 1 aliphatic rings. The van der Waals surface area contributed by atoms with Crippen molar-refractivity contribution in [3.8, 4) is 11.5 Å². The van der Waals surface area contributed by atoms with Crippen LogP contribution in [0.3, 0.4) is 0 Å². The number of benzene rings is 1. The number of carbonyl (C=O) groups is 1. The lowest BCUT2D eigenvalue weighted by Crippen LogP contribution is -2.37. The molecular weight excluding hydrogens is 220 g/mol. The smallest absolute Gasteiger partial charge is 0.244 e. The first-order valence-electron chi connectivity index (χ1n) is 5.41. The molecule has 1 fully saturated rings. The Balaban J connectivity index is 2.20. The predicted molar refractivity (Wildman–Crippen MR) is 64.3 cm³/mol. The van der Waals surface area contributed by atoms with Crippen LogP contribution >= 0.6 is 0 Å². The molecule has 17 heavy (non-hydrogen) atoms. The first kappa shape index (κ1) is 11.7. The molecule has 1 amide bonds.